The fourth-order valence-electron chi connectivity index (χ4n) is 1.92. The van der Waals surface area contributed by atoms with Crippen LogP contribution >= 0.6 is 23.2 Å². The Morgan fingerprint density at radius 3 is 2.65 bits per heavy atom. The lowest BCUT2D eigenvalue weighted by Crippen LogP contribution is -2.49. The van der Waals surface area contributed by atoms with E-state index < -0.39 is 0 Å². The summed E-state index contributed by atoms with van der Waals surface area (Å²) in [5, 5.41) is 5.88. The summed E-state index contributed by atoms with van der Waals surface area (Å²) < 4.78 is 0. The lowest BCUT2D eigenvalue weighted by molar-refractivity contribution is -0.125. The van der Waals surface area contributed by atoms with E-state index in [4.69, 9.17) is 28.9 Å². The van der Waals surface area contributed by atoms with Gasteiger partial charge in [0, 0.05) is 18.8 Å². The van der Waals surface area contributed by atoms with Crippen molar-refractivity contribution in [3.05, 3.63) is 22.2 Å². The van der Waals surface area contributed by atoms with Crippen LogP contribution in [0.3, 0.4) is 0 Å². The Hall–Kier alpha value is -1.50. The Labute approximate surface area is 126 Å². The van der Waals surface area contributed by atoms with Gasteiger partial charge >= 0.3 is 0 Å². The molecule has 0 bridgehead atoms. The molecule has 1 aliphatic heterocycles. The molecule has 0 spiro atoms. The van der Waals surface area contributed by atoms with Crippen LogP contribution < -0.4 is 16.4 Å². The minimum atomic E-state index is -0.284. The van der Waals surface area contributed by atoms with Gasteiger partial charge in [-0.3, -0.25) is 14.5 Å². The minimum absolute atomic E-state index is 0.0902. The molecule has 0 aromatic heterocycles. The van der Waals surface area contributed by atoms with Gasteiger partial charge in [0.1, 0.15) is 0 Å². The van der Waals surface area contributed by atoms with Gasteiger partial charge in [-0.15, -0.1) is 0 Å². The highest BCUT2D eigenvalue weighted by molar-refractivity contribution is 6.40. The van der Waals surface area contributed by atoms with Gasteiger partial charge in [0.05, 0.1) is 28.8 Å². The number of benzene rings is 1. The van der Waals surface area contributed by atoms with Crippen LogP contribution in [0.1, 0.15) is 0 Å². The number of carbonyl (C=O) groups is 2. The zero-order chi connectivity index (χ0) is 14.7. The van der Waals surface area contributed by atoms with E-state index in [9.17, 15) is 9.59 Å². The first-order valence-electron chi connectivity index (χ1n) is 5.99. The van der Waals surface area contributed by atoms with E-state index in [1.54, 1.807) is 4.90 Å². The summed E-state index contributed by atoms with van der Waals surface area (Å²) in [6.07, 6.45) is 0. The molecule has 2 amide bonds. The summed E-state index contributed by atoms with van der Waals surface area (Å²) in [7, 11) is 0. The molecule has 6 nitrogen and oxygen atoms in total. The molecule has 0 aliphatic carbocycles. The molecule has 1 aromatic carbocycles. The largest absolute Gasteiger partial charge is 0.399 e. The van der Waals surface area contributed by atoms with Crippen LogP contribution in [0.15, 0.2) is 12.1 Å². The van der Waals surface area contributed by atoms with Crippen molar-refractivity contribution < 1.29 is 9.59 Å². The third-order valence-electron chi connectivity index (χ3n) is 2.81. The number of anilines is 2. The van der Waals surface area contributed by atoms with Gasteiger partial charge in [-0.1, -0.05) is 23.2 Å². The standard InChI is InChI=1S/C12H14Cl2N4O2/c13-8-3-7(15)4-9(14)12(8)17-11(20)6-18-2-1-16-10(19)5-18/h3-4H,1-2,5-6,15H2,(H,16,19)(H,17,20). The minimum Gasteiger partial charge on any atom is -0.399 e. The van der Waals surface area contributed by atoms with Crippen LogP contribution in [0.25, 0.3) is 0 Å². The monoisotopic (exact) mass is 316 g/mol. The molecule has 1 saturated heterocycles. The molecule has 1 heterocycles. The highest BCUT2D eigenvalue weighted by Crippen LogP contribution is 2.32. The van der Waals surface area contributed by atoms with Crippen LogP contribution in [0, 0.1) is 0 Å². The third kappa shape index (κ3) is 3.75. The molecule has 1 aromatic rings. The number of hydrogen-bond acceptors (Lipinski definition) is 4. The Balaban J connectivity index is 1.99. The molecule has 20 heavy (non-hydrogen) atoms. The topological polar surface area (TPSA) is 87.5 Å². The quantitative estimate of drug-likeness (QED) is 0.724. The highest BCUT2D eigenvalue weighted by atomic mass is 35.5. The molecule has 8 heteroatoms. The fourth-order valence-corrected chi connectivity index (χ4v) is 2.52. The first kappa shape index (κ1) is 14.9. The molecule has 0 radical (unpaired) electrons. The summed E-state index contributed by atoms with van der Waals surface area (Å²) in [6.45, 7) is 1.47. The Bertz CT molecular complexity index is 527. The average molecular weight is 317 g/mol. The second-order valence-electron chi connectivity index (χ2n) is 4.47. The number of carbonyl (C=O) groups excluding carboxylic acids is 2. The molecule has 0 unspecified atom stereocenters. The van der Waals surface area contributed by atoms with Crippen molar-refractivity contribution in [3.63, 3.8) is 0 Å². The molecule has 2 rings (SSSR count). The Morgan fingerprint density at radius 2 is 2.05 bits per heavy atom. The maximum Gasteiger partial charge on any atom is 0.238 e. The molecule has 0 atom stereocenters. The molecule has 108 valence electrons. The van der Waals surface area contributed by atoms with Crippen molar-refractivity contribution in [1.82, 2.24) is 10.2 Å². The number of nitrogens with two attached hydrogens (primary N) is 1. The van der Waals surface area contributed by atoms with E-state index in [-0.39, 0.29) is 34.9 Å². The normalized spacial score (nSPS) is 15.8. The molecule has 0 saturated carbocycles. The van der Waals surface area contributed by atoms with E-state index in [1.807, 2.05) is 0 Å². The number of nitrogen functional groups attached to an aromatic ring is 1. The molecule has 4 N–H and O–H groups in total. The summed E-state index contributed by atoms with van der Waals surface area (Å²) in [4.78, 5) is 24.9. The van der Waals surface area contributed by atoms with Crippen molar-refractivity contribution >= 4 is 46.4 Å². The predicted molar refractivity (Wildman–Crippen MR) is 79.0 cm³/mol. The van der Waals surface area contributed by atoms with Gasteiger partial charge in [0.25, 0.3) is 0 Å². The van der Waals surface area contributed by atoms with Crippen LogP contribution in [-0.2, 0) is 9.59 Å². The number of rotatable bonds is 3. The summed E-state index contributed by atoms with van der Waals surface area (Å²) in [5.41, 5.74) is 6.34. The second kappa shape index (κ2) is 6.30. The zero-order valence-corrected chi connectivity index (χ0v) is 12.1. The molecule has 1 aliphatic rings. The third-order valence-corrected chi connectivity index (χ3v) is 3.41. The second-order valence-corrected chi connectivity index (χ2v) is 5.28. The highest BCUT2D eigenvalue weighted by Gasteiger charge is 2.19. The fraction of sp³-hybridized carbons (Fsp3) is 0.333. The number of piperazine rings is 1. The summed E-state index contributed by atoms with van der Waals surface area (Å²) in [6, 6.07) is 3.02. The van der Waals surface area contributed by atoms with E-state index in [2.05, 4.69) is 10.6 Å². The van der Waals surface area contributed by atoms with Crippen molar-refractivity contribution in [2.45, 2.75) is 0 Å². The van der Waals surface area contributed by atoms with Crippen LogP contribution in [0.5, 0.6) is 0 Å². The number of hydrogen-bond donors (Lipinski definition) is 3. The van der Waals surface area contributed by atoms with Crippen molar-refractivity contribution in [2.75, 3.05) is 37.2 Å². The van der Waals surface area contributed by atoms with E-state index >= 15 is 0 Å². The lowest BCUT2D eigenvalue weighted by Gasteiger charge is -2.25. The SMILES string of the molecule is Nc1cc(Cl)c(NC(=O)CN2CCNC(=O)C2)c(Cl)c1. The number of nitrogens with zero attached hydrogens (tertiary/aromatic N) is 1. The van der Waals surface area contributed by atoms with E-state index in [1.165, 1.54) is 12.1 Å². The smallest absolute Gasteiger partial charge is 0.238 e. The van der Waals surface area contributed by atoms with Gasteiger partial charge in [-0.2, -0.15) is 0 Å². The van der Waals surface area contributed by atoms with Gasteiger partial charge < -0.3 is 16.4 Å². The van der Waals surface area contributed by atoms with E-state index in [0.29, 0.717) is 24.5 Å². The Morgan fingerprint density at radius 1 is 1.40 bits per heavy atom. The lowest BCUT2D eigenvalue weighted by atomic mass is 10.2. The molecular weight excluding hydrogens is 303 g/mol. The number of nitrogens with one attached hydrogen (secondary N) is 2. The predicted octanol–water partition coefficient (Wildman–Crippen LogP) is 0.946. The Kier molecular flexibility index (Phi) is 4.69. The zero-order valence-electron chi connectivity index (χ0n) is 10.6. The van der Waals surface area contributed by atoms with Crippen LogP contribution in [0.4, 0.5) is 11.4 Å². The maximum absolute atomic E-state index is 11.9. The van der Waals surface area contributed by atoms with Gasteiger partial charge in [0.15, 0.2) is 0 Å². The van der Waals surface area contributed by atoms with Crippen LogP contribution in [0.2, 0.25) is 10.0 Å². The van der Waals surface area contributed by atoms with Gasteiger partial charge in [0.2, 0.25) is 11.8 Å². The van der Waals surface area contributed by atoms with Crippen LogP contribution in [-0.4, -0.2) is 42.9 Å². The van der Waals surface area contributed by atoms with Gasteiger partial charge in [-0.25, -0.2) is 0 Å². The maximum atomic E-state index is 11.9. The molecule has 1 fully saturated rings. The molecular formula is C12H14Cl2N4O2. The number of amides is 2. The average Bonchev–Trinajstić information content (AvgIpc) is 2.33. The van der Waals surface area contributed by atoms with Gasteiger partial charge in [-0.05, 0) is 12.1 Å². The number of halogens is 2. The summed E-state index contributed by atoms with van der Waals surface area (Å²) >= 11 is 12.0. The summed E-state index contributed by atoms with van der Waals surface area (Å²) in [5.74, 6) is -0.374. The van der Waals surface area contributed by atoms with Crippen molar-refractivity contribution in [3.8, 4) is 0 Å². The first-order valence-corrected chi connectivity index (χ1v) is 6.74. The van der Waals surface area contributed by atoms with Crippen molar-refractivity contribution in [1.29, 1.82) is 0 Å². The van der Waals surface area contributed by atoms with E-state index in [0.717, 1.165) is 0 Å². The first-order chi connectivity index (χ1) is 9.45. The van der Waals surface area contributed by atoms with Crippen molar-refractivity contribution in [2.24, 2.45) is 0 Å².